The third kappa shape index (κ3) is 1.45. The average molecular weight is 208 g/mol. The quantitative estimate of drug-likeness (QED) is 0.672. The van der Waals surface area contributed by atoms with Crippen LogP contribution in [0.1, 0.15) is 10.4 Å². The first-order chi connectivity index (χ1) is 7.11. The first-order valence-corrected chi connectivity index (χ1v) is 4.15. The number of rotatable bonds is 2. The van der Waals surface area contributed by atoms with E-state index in [0.29, 0.717) is 11.3 Å². The lowest BCUT2D eigenvalue weighted by Gasteiger charge is -2.02. The maximum Gasteiger partial charge on any atom is 0.338 e. The van der Waals surface area contributed by atoms with Gasteiger partial charge in [-0.2, -0.15) is 0 Å². The molecule has 6 nitrogen and oxygen atoms in total. The van der Waals surface area contributed by atoms with E-state index in [1.54, 1.807) is 6.07 Å². The number of aromatic amines is 2. The van der Waals surface area contributed by atoms with Gasteiger partial charge in [0.25, 0.3) is 0 Å². The van der Waals surface area contributed by atoms with Gasteiger partial charge in [0.2, 0.25) is 0 Å². The molecular formula is C9H8N2O4. The largest absolute Gasteiger partial charge is 0.497 e. The van der Waals surface area contributed by atoms with Gasteiger partial charge in [-0.15, -0.1) is 0 Å². The predicted molar refractivity (Wildman–Crippen MR) is 52.4 cm³/mol. The molecule has 1 aromatic carbocycles. The van der Waals surface area contributed by atoms with Crippen LogP contribution in [0, 0.1) is 0 Å². The Morgan fingerprint density at radius 2 is 2.13 bits per heavy atom. The van der Waals surface area contributed by atoms with E-state index < -0.39 is 11.7 Å². The van der Waals surface area contributed by atoms with Gasteiger partial charge in [-0.3, -0.25) is 0 Å². The summed E-state index contributed by atoms with van der Waals surface area (Å²) in [4.78, 5) is 26.8. The van der Waals surface area contributed by atoms with Crippen LogP contribution in [0.4, 0.5) is 0 Å². The second kappa shape index (κ2) is 3.16. The Labute approximate surface area is 83.5 Å². The molecule has 3 N–H and O–H groups in total. The molecule has 0 aliphatic rings. The van der Waals surface area contributed by atoms with E-state index in [9.17, 15) is 9.59 Å². The molecule has 0 bridgehead atoms. The van der Waals surface area contributed by atoms with E-state index in [-0.39, 0.29) is 11.1 Å². The van der Waals surface area contributed by atoms with E-state index in [0.717, 1.165) is 0 Å². The number of ether oxygens (including phenoxy) is 1. The highest BCUT2D eigenvalue weighted by Gasteiger charge is 2.13. The Hall–Kier alpha value is -2.24. The molecule has 1 aromatic heterocycles. The summed E-state index contributed by atoms with van der Waals surface area (Å²) in [6.07, 6.45) is 0. The molecule has 0 radical (unpaired) electrons. The molecule has 78 valence electrons. The summed E-state index contributed by atoms with van der Waals surface area (Å²) < 4.78 is 4.92. The van der Waals surface area contributed by atoms with Gasteiger partial charge < -0.3 is 19.8 Å². The van der Waals surface area contributed by atoms with Gasteiger partial charge in [-0.1, -0.05) is 0 Å². The van der Waals surface area contributed by atoms with Crippen molar-refractivity contribution < 1.29 is 14.6 Å². The first-order valence-electron chi connectivity index (χ1n) is 4.15. The van der Waals surface area contributed by atoms with Crippen molar-refractivity contribution in [2.24, 2.45) is 0 Å². The summed E-state index contributed by atoms with van der Waals surface area (Å²) in [5.41, 5.74) is 0.244. The fraction of sp³-hybridized carbons (Fsp3) is 0.111. The highest BCUT2D eigenvalue weighted by Crippen LogP contribution is 2.21. The van der Waals surface area contributed by atoms with Gasteiger partial charge in [0, 0.05) is 6.07 Å². The molecule has 15 heavy (non-hydrogen) atoms. The molecule has 0 aliphatic heterocycles. The third-order valence-corrected chi connectivity index (χ3v) is 2.06. The lowest BCUT2D eigenvalue weighted by Crippen LogP contribution is -2.01. The number of carboxylic acid groups (broad SMARTS) is 1. The van der Waals surface area contributed by atoms with Crippen LogP contribution in [0.15, 0.2) is 16.9 Å². The van der Waals surface area contributed by atoms with Gasteiger partial charge in [0.05, 0.1) is 23.7 Å². The maximum atomic E-state index is 11.0. The third-order valence-electron chi connectivity index (χ3n) is 2.06. The van der Waals surface area contributed by atoms with Gasteiger partial charge in [0.1, 0.15) is 5.75 Å². The van der Waals surface area contributed by atoms with E-state index in [1.807, 2.05) is 0 Å². The molecule has 0 atom stereocenters. The molecule has 2 aromatic rings. The summed E-state index contributed by atoms with van der Waals surface area (Å²) in [7, 11) is 1.43. The molecular weight excluding hydrogens is 200 g/mol. The van der Waals surface area contributed by atoms with Crippen LogP contribution in [-0.2, 0) is 0 Å². The van der Waals surface area contributed by atoms with Crippen LogP contribution in [-0.4, -0.2) is 28.2 Å². The van der Waals surface area contributed by atoms with Crippen molar-refractivity contribution in [1.82, 2.24) is 9.97 Å². The minimum Gasteiger partial charge on any atom is -0.497 e. The predicted octanol–water partition coefficient (Wildman–Crippen LogP) is 0.563. The Balaban J connectivity index is 2.85. The SMILES string of the molecule is COc1cc(C(=O)O)c2[nH]c(=O)[nH]c2c1. The summed E-state index contributed by atoms with van der Waals surface area (Å²) >= 11 is 0. The summed E-state index contributed by atoms with van der Waals surface area (Å²) in [5.74, 6) is -0.732. The lowest BCUT2D eigenvalue weighted by atomic mass is 10.2. The minimum absolute atomic E-state index is 0.00250. The zero-order valence-corrected chi connectivity index (χ0v) is 7.83. The molecule has 0 aliphatic carbocycles. The van der Waals surface area contributed by atoms with Crippen LogP contribution in [0.3, 0.4) is 0 Å². The molecule has 0 amide bonds. The zero-order chi connectivity index (χ0) is 11.0. The monoisotopic (exact) mass is 208 g/mol. The number of aromatic nitrogens is 2. The number of methoxy groups -OCH3 is 1. The van der Waals surface area contributed by atoms with Crippen molar-refractivity contribution in [3.8, 4) is 5.75 Å². The number of carboxylic acids is 1. The number of imidazole rings is 1. The van der Waals surface area contributed by atoms with Crippen molar-refractivity contribution in [2.75, 3.05) is 7.11 Å². The number of nitrogens with one attached hydrogen (secondary N) is 2. The lowest BCUT2D eigenvalue weighted by molar-refractivity contribution is 0.0698. The van der Waals surface area contributed by atoms with E-state index in [2.05, 4.69) is 9.97 Å². The molecule has 2 rings (SSSR count). The summed E-state index contributed by atoms with van der Waals surface area (Å²) in [6, 6.07) is 2.91. The van der Waals surface area contributed by atoms with Gasteiger partial charge in [0.15, 0.2) is 0 Å². The Bertz CT molecular complexity index is 581. The second-order valence-electron chi connectivity index (χ2n) is 2.98. The van der Waals surface area contributed by atoms with Crippen molar-refractivity contribution in [3.05, 3.63) is 28.2 Å². The van der Waals surface area contributed by atoms with Crippen molar-refractivity contribution in [2.45, 2.75) is 0 Å². The fourth-order valence-corrected chi connectivity index (χ4v) is 1.40. The van der Waals surface area contributed by atoms with E-state index >= 15 is 0 Å². The topological polar surface area (TPSA) is 95.2 Å². The zero-order valence-electron chi connectivity index (χ0n) is 7.83. The average Bonchev–Trinajstić information content (AvgIpc) is 2.55. The van der Waals surface area contributed by atoms with Crippen molar-refractivity contribution in [3.63, 3.8) is 0 Å². The number of carbonyl (C=O) groups is 1. The maximum absolute atomic E-state index is 11.0. The molecule has 0 fully saturated rings. The van der Waals surface area contributed by atoms with Crippen molar-refractivity contribution in [1.29, 1.82) is 0 Å². The summed E-state index contributed by atoms with van der Waals surface area (Å²) in [5, 5.41) is 8.92. The van der Waals surface area contributed by atoms with Crippen LogP contribution in [0.5, 0.6) is 5.75 Å². The normalized spacial score (nSPS) is 10.5. The number of fused-ring (bicyclic) bond motifs is 1. The van der Waals surface area contributed by atoms with Crippen LogP contribution < -0.4 is 10.4 Å². The van der Waals surface area contributed by atoms with Gasteiger partial charge in [-0.25, -0.2) is 9.59 Å². The number of H-pyrrole nitrogens is 2. The standard InChI is InChI=1S/C9H8N2O4/c1-15-4-2-5(8(12)13)7-6(3-4)10-9(14)11-7/h2-3H,1H3,(H,12,13)(H2,10,11,14). The Morgan fingerprint density at radius 1 is 1.40 bits per heavy atom. The smallest absolute Gasteiger partial charge is 0.338 e. The van der Waals surface area contributed by atoms with Gasteiger partial charge >= 0.3 is 11.7 Å². The van der Waals surface area contributed by atoms with Gasteiger partial charge in [-0.05, 0) is 6.07 Å². The number of hydrogen-bond donors (Lipinski definition) is 3. The Kier molecular flexibility index (Phi) is 1.96. The second-order valence-corrected chi connectivity index (χ2v) is 2.98. The van der Waals surface area contributed by atoms with E-state index in [1.165, 1.54) is 13.2 Å². The van der Waals surface area contributed by atoms with Crippen LogP contribution in [0.25, 0.3) is 11.0 Å². The van der Waals surface area contributed by atoms with E-state index in [4.69, 9.17) is 9.84 Å². The Morgan fingerprint density at radius 3 is 2.73 bits per heavy atom. The minimum atomic E-state index is -1.12. The summed E-state index contributed by atoms with van der Waals surface area (Å²) in [6.45, 7) is 0. The first kappa shape index (κ1) is 9.32. The number of hydrogen-bond acceptors (Lipinski definition) is 3. The molecule has 0 saturated heterocycles. The van der Waals surface area contributed by atoms with Crippen molar-refractivity contribution >= 4 is 17.0 Å². The molecule has 0 unspecified atom stereocenters. The molecule has 0 saturated carbocycles. The molecule has 0 spiro atoms. The number of benzene rings is 1. The highest BCUT2D eigenvalue weighted by atomic mass is 16.5. The molecule has 6 heteroatoms. The fourth-order valence-electron chi connectivity index (χ4n) is 1.40. The number of aromatic carboxylic acids is 1. The highest BCUT2D eigenvalue weighted by molar-refractivity contribution is 6.01. The van der Waals surface area contributed by atoms with Crippen LogP contribution >= 0.6 is 0 Å². The molecule has 1 heterocycles. The van der Waals surface area contributed by atoms with Crippen LogP contribution in [0.2, 0.25) is 0 Å².